The number of nitrogens with zero attached hydrogens (tertiary/aromatic N) is 1. The standard InChI is InChI=1S/C8H14N2/c1-7(6-9)8-4-2-3-5-10-8/h6H,2-5,9H2,1H3. The van der Waals surface area contributed by atoms with Gasteiger partial charge in [0.05, 0.1) is 0 Å². The molecule has 2 heteroatoms. The van der Waals surface area contributed by atoms with Gasteiger partial charge in [0.15, 0.2) is 0 Å². The topological polar surface area (TPSA) is 38.4 Å². The second-order valence-electron chi connectivity index (χ2n) is 2.64. The number of nitrogens with two attached hydrogens (primary N) is 1. The van der Waals surface area contributed by atoms with E-state index < -0.39 is 0 Å². The molecule has 0 radical (unpaired) electrons. The van der Waals surface area contributed by atoms with E-state index >= 15 is 0 Å². The van der Waals surface area contributed by atoms with Gasteiger partial charge in [-0.1, -0.05) is 0 Å². The van der Waals surface area contributed by atoms with Crippen LogP contribution in [-0.4, -0.2) is 12.3 Å². The highest BCUT2D eigenvalue weighted by molar-refractivity contribution is 5.99. The monoisotopic (exact) mass is 138 g/mol. The van der Waals surface area contributed by atoms with Crippen LogP contribution in [0.1, 0.15) is 26.2 Å². The fourth-order valence-electron chi connectivity index (χ4n) is 1.12. The van der Waals surface area contributed by atoms with Crippen LogP contribution in [0.2, 0.25) is 0 Å². The molecule has 0 fully saturated rings. The summed E-state index contributed by atoms with van der Waals surface area (Å²) >= 11 is 0. The van der Waals surface area contributed by atoms with Crippen LogP contribution in [-0.2, 0) is 0 Å². The normalized spacial score (nSPS) is 20.5. The quantitative estimate of drug-likeness (QED) is 0.585. The Labute approximate surface area is 61.8 Å². The lowest BCUT2D eigenvalue weighted by Crippen LogP contribution is -2.08. The summed E-state index contributed by atoms with van der Waals surface area (Å²) in [6.45, 7) is 3.00. The van der Waals surface area contributed by atoms with Crippen molar-refractivity contribution in [1.29, 1.82) is 0 Å². The Bertz CT molecular complexity index is 168. The average Bonchev–Trinajstić information content (AvgIpc) is 2.05. The molecule has 1 aliphatic heterocycles. The van der Waals surface area contributed by atoms with Crippen LogP contribution in [0.5, 0.6) is 0 Å². The molecule has 1 heterocycles. The summed E-state index contributed by atoms with van der Waals surface area (Å²) < 4.78 is 0. The van der Waals surface area contributed by atoms with Crippen LogP contribution in [0.25, 0.3) is 0 Å². The zero-order valence-corrected chi connectivity index (χ0v) is 6.43. The Morgan fingerprint density at radius 1 is 1.60 bits per heavy atom. The van der Waals surface area contributed by atoms with Crippen LogP contribution < -0.4 is 5.73 Å². The molecule has 0 aromatic rings. The summed E-state index contributed by atoms with van der Waals surface area (Å²) in [4.78, 5) is 4.37. The third-order valence-corrected chi connectivity index (χ3v) is 1.83. The number of allylic oxidation sites excluding steroid dienone is 1. The van der Waals surface area contributed by atoms with Gasteiger partial charge >= 0.3 is 0 Å². The van der Waals surface area contributed by atoms with Crippen LogP contribution in [0.4, 0.5) is 0 Å². The molecule has 1 rings (SSSR count). The van der Waals surface area contributed by atoms with Crippen LogP contribution in [0, 0.1) is 0 Å². The SMILES string of the molecule is CC(=CN)C1=NCCCC1. The Kier molecular flexibility index (Phi) is 2.49. The highest BCUT2D eigenvalue weighted by atomic mass is 14.7. The lowest BCUT2D eigenvalue weighted by atomic mass is 10.0. The summed E-state index contributed by atoms with van der Waals surface area (Å²) in [5.74, 6) is 0. The molecule has 2 N–H and O–H groups in total. The van der Waals surface area contributed by atoms with Crippen LogP contribution in [0.3, 0.4) is 0 Å². The van der Waals surface area contributed by atoms with Crippen molar-refractivity contribution in [3.63, 3.8) is 0 Å². The summed E-state index contributed by atoms with van der Waals surface area (Å²) in [7, 11) is 0. The predicted molar refractivity (Wildman–Crippen MR) is 44.1 cm³/mol. The fourth-order valence-corrected chi connectivity index (χ4v) is 1.12. The van der Waals surface area contributed by atoms with Gasteiger partial charge in [0.2, 0.25) is 0 Å². The highest BCUT2D eigenvalue weighted by Gasteiger charge is 2.05. The Balaban J connectivity index is 2.62. The van der Waals surface area contributed by atoms with Gasteiger partial charge in [-0.3, -0.25) is 4.99 Å². The molecule has 0 saturated carbocycles. The number of hydrogen-bond acceptors (Lipinski definition) is 2. The third kappa shape index (κ3) is 1.59. The fraction of sp³-hybridized carbons (Fsp3) is 0.625. The number of hydrogen-bond donors (Lipinski definition) is 1. The second kappa shape index (κ2) is 3.40. The minimum absolute atomic E-state index is 0.987. The molecule has 0 atom stereocenters. The van der Waals surface area contributed by atoms with Gasteiger partial charge in [0.25, 0.3) is 0 Å². The first-order valence-electron chi connectivity index (χ1n) is 3.77. The van der Waals surface area contributed by atoms with E-state index in [2.05, 4.69) is 4.99 Å². The van der Waals surface area contributed by atoms with E-state index in [-0.39, 0.29) is 0 Å². The maximum absolute atomic E-state index is 5.36. The van der Waals surface area contributed by atoms with E-state index in [0.29, 0.717) is 0 Å². The molecule has 0 unspecified atom stereocenters. The first kappa shape index (κ1) is 7.32. The van der Waals surface area contributed by atoms with Gasteiger partial charge in [-0.2, -0.15) is 0 Å². The van der Waals surface area contributed by atoms with Crippen molar-refractivity contribution in [3.8, 4) is 0 Å². The maximum atomic E-state index is 5.36. The largest absolute Gasteiger partial charge is 0.404 e. The van der Waals surface area contributed by atoms with Crippen molar-refractivity contribution >= 4 is 5.71 Å². The number of aliphatic imine (C=N–C) groups is 1. The first-order valence-corrected chi connectivity index (χ1v) is 3.77. The maximum Gasteiger partial charge on any atom is 0.0392 e. The summed E-state index contributed by atoms with van der Waals surface area (Å²) in [6, 6.07) is 0. The van der Waals surface area contributed by atoms with Gasteiger partial charge in [0, 0.05) is 12.3 Å². The summed E-state index contributed by atoms with van der Waals surface area (Å²) in [5, 5.41) is 0. The summed E-state index contributed by atoms with van der Waals surface area (Å²) in [6.07, 6.45) is 5.26. The molecular weight excluding hydrogens is 124 g/mol. The molecule has 1 aliphatic rings. The zero-order valence-electron chi connectivity index (χ0n) is 6.43. The molecule has 2 nitrogen and oxygen atoms in total. The Hall–Kier alpha value is -0.790. The first-order chi connectivity index (χ1) is 4.84. The van der Waals surface area contributed by atoms with E-state index in [0.717, 1.165) is 18.5 Å². The van der Waals surface area contributed by atoms with Crippen molar-refractivity contribution in [3.05, 3.63) is 11.8 Å². The molecule has 0 aliphatic carbocycles. The van der Waals surface area contributed by atoms with E-state index in [1.807, 2.05) is 6.92 Å². The molecule has 0 spiro atoms. The Morgan fingerprint density at radius 2 is 2.40 bits per heavy atom. The minimum atomic E-state index is 0.987. The third-order valence-electron chi connectivity index (χ3n) is 1.83. The van der Waals surface area contributed by atoms with Crippen molar-refractivity contribution in [2.24, 2.45) is 10.7 Å². The van der Waals surface area contributed by atoms with Crippen LogP contribution >= 0.6 is 0 Å². The molecule has 56 valence electrons. The van der Waals surface area contributed by atoms with Gasteiger partial charge < -0.3 is 5.73 Å². The molecular formula is C8H14N2. The Morgan fingerprint density at radius 3 is 2.90 bits per heavy atom. The van der Waals surface area contributed by atoms with Crippen molar-refractivity contribution in [2.45, 2.75) is 26.2 Å². The van der Waals surface area contributed by atoms with Gasteiger partial charge in [0.1, 0.15) is 0 Å². The molecule has 0 saturated heterocycles. The van der Waals surface area contributed by atoms with Crippen LogP contribution in [0.15, 0.2) is 16.8 Å². The van der Waals surface area contributed by atoms with Gasteiger partial charge in [-0.25, -0.2) is 0 Å². The lowest BCUT2D eigenvalue weighted by molar-refractivity contribution is 0.737. The van der Waals surface area contributed by atoms with E-state index in [4.69, 9.17) is 5.73 Å². The predicted octanol–water partition coefficient (Wildman–Crippen LogP) is 1.47. The molecule has 10 heavy (non-hydrogen) atoms. The van der Waals surface area contributed by atoms with E-state index in [1.165, 1.54) is 18.6 Å². The molecule has 0 aromatic heterocycles. The highest BCUT2D eigenvalue weighted by Crippen LogP contribution is 2.10. The van der Waals surface area contributed by atoms with Gasteiger partial charge in [-0.05, 0) is 38.0 Å². The second-order valence-corrected chi connectivity index (χ2v) is 2.64. The van der Waals surface area contributed by atoms with E-state index in [9.17, 15) is 0 Å². The van der Waals surface area contributed by atoms with E-state index in [1.54, 1.807) is 6.20 Å². The molecule has 0 amide bonds. The zero-order chi connectivity index (χ0) is 7.40. The summed E-state index contributed by atoms with van der Waals surface area (Å²) in [5.41, 5.74) is 7.70. The molecule has 0 bridgehead atoms. The lowest BCUT2D eigenvalue weighted by Gasteiger charge is -2.10. The number of rotatable bonds is 1. The van der Waals surface area contributed by atoms with Crippen molar-refractivity contribution in [2.75, 3.05) is 6.54 Å². The van der Waals surface area contributed by atoms with Gasteiger partial charge in [-0.15, -0.1) is 0 Å². The van der Waals surface area contributed by atoms with Crippen molar-refractivity contribution < 1.29 is 0 Å². The molecule has 0 aromatic carbocycles. The smallest absolute Gasteiger partial charge is 0.0392 e. The van der Waals surface area contributed by atoms with Crippen molar-refractivity contribution in [1.82, 2.24) is 0 Å². The minimum Gasteiger partial charge on any atom is -0.404 e. The average molecular weight is 138 g/mol.